The summed E-state index contributed by atoms with van der Waals surface area (Å²) in [5.41, 5.74) is 1.18. The summed E-state index contributed by atoms with van der Waals surface area (Å²) in [5.74, 6) is -0.131. The molecule has 0 aliphatic carbocycles. The SMILES string of the molecule is COC(=O)C(Cc1ccccc1)N1CCN(C)CC1. The smallest absolute Gasteiger partial charge is 0.323 e. The molecule has 19 heavy (non-hydrogen) atoms. The van der Waals surface area contributed by atoms with Crippen LogP contribution in [0.5, 0.6) is 0 Å². The van der Waals surface area contributed by atoms with Crippen molar-refractivity contribution in [2.45, 2.75) is 12.5 Å². The van der Waals surface area contributed by atoms with Crippen molar-refractivity contribution in [3.8, 4) is 0 Å². The maximum absolute atomic E-state index is 12.0. The lowest BCUT2D eigenvalue weighted by molar-refractivity contribution is -0.147. The van der Waals surface area contributed by atoms with Gasteiger partial charge in [-0.25, -0.2) is 0 Å². The summed E-state index contributed by atoms with van der Waals surface area (Å²) in [6, 6.07) is 9.97. The molecule has 2 rings (SSSR count). The number of benzene rings is 1. The largest absolute Gasteiger partial charge is 0.468 e. The van der Waals surface area contributed by atoms with Crippen LogP contribution in [0.4, 0.5) is 0 Å². The molecule has 0 radical (unpaired) electrons. The first-order valence-corrected chi connectivity index (χ1v) is 6.75. The van der Waals surface area contributed by atoms with Crippen LogP contribution >= 0.6 is 0 Å². The Morgan fingerprint density at radius 2 is 1.84 bits per heavy atom. The molecule has 1 heterocycles. The van der Waals surface area contributed by atoms with Gasteiger partial charge in [-0.15, -0.1) is 0 Å². The number of carbonyl (C=O) groups is 1. The molecule has 1 atom stereocenters. The van der Waals surface area contributed by atoms with E-state index in [2.05, 4.69) is 29.0 Å². The van der Waals surface area contributed by atoms with Crippen LogP contribution in [0.2, 0.25) is 0 Å². The van der Waals surface area contributed by atoms with Crippen LogP contribution in [-0.2, 0) is 16.0 Å². The van der Waals surface area contributed by atoms with Crippen molar-refractivity contribution in [3.05, 3.63) is 35.9 Å². The third-order valence-electron chi connectivity index (χ3n) is 3.72. The molecule has 0 bridgehead atoms. The fourth-order valence-electron chi connectivity index (χ4n) is 2.47. The molecule has 4 nitrogen and oxygen atoms in total. The first-order valence-electron chi connectivity index (χ1n) is 6.75. The minimum absolute atomic E-state index is 0.131. The van der Waals surface area contributed by atoms with Gasteiger partial charge in [-0.1, -0.05) is 30.3 Å². The highest BCUT2D eigenvalue weighted by atomic mass is 16.5. The van der Waals surface area contributed by atoms with Crippen LogP contribution in [0.15, 0.2) is 30.3 Å². The zero-order valence-corrected chi connectivity index (χ0v) is 11.7. The van der Waals surface area contributed by atoms with Gasteiger partial charge in [-0.2, -0.15) is 0 Å². The number of carbonyl (C=O) groups excluding carboxylic acids is 1. The molecule has 1 aliphatic rings. The number of piperazine rings is 1. The Balaban J connectivity index is 2.06. The van der Waals surface area contributed by atoms with Crippen LogP contribution < -0.4 is 0 Å². The van der Waals surface area contributed by atoms with E-state index in [0.717, 1.165) is 32.6 Å². The van der Waals surface area contributed by atoms with Gasteiger partial charge < -0.3 is 9.64 Å². The van der Waals surface area contributed by atoms with Crippen LogP contribution in [0.3, 0.4) is 0 Å². The summed E-state index contributed by atoms with van der Waals surface area (Å²) >= 11 is 0. The predicted octanol–water partition coefficient (Wildman–Crippen LogP) is 1.02. The number of hydrogen-bond donors (Lipinski definition) is 0. The molecular weight excluding hydrogens is 240 g/mol. The lowest BCUT2D eigenvalue weighted by atomic mass is 10.0. The van der Waals surface area contributed by atoms with E-state index in [4.69, 9.17) is 4.74 Å². The number of nitrogens with zero attached hydrogens (tertiary/aromatic N) is 2. The van der Waals surface area contributed by atoms with Crippen LogP contribution in [0, 0.1) is 0 Å². The minimum Gasteiger partial charge on any atom is -0.468 e. The lowest BCUT2D eigenvalue weighted by Gasteiger charge is -2.36. The van der Waals surface area contributed by atoms with Crippen LogP contribution in [0.25, 0.3) is 0 Å². The van der Waals surface area contributed by atoms with E-state index in [-0.39, 0.29) is 12.0 Å². The number of methoxy groups -OCH3 is 1. The van der Waals surface area contributed by atoms with Gasteiger partial charge in [0.05, 0.1) is 7.11 Å². The summed E-state index contributed by atoms with van der Waals surface area (Å²) in [5, 5.41) is 0. The van der Waals surface area contributed by atoms with Crippen LogP contribution in [-0.4, -0.2) is 62.1 Å². The highest BCUT2D eigenvalue weighted by molar-refractivity contribution is 5.76. The summed E-state index contributed by atoms with van der Waals surface area (Å²) in [4.78, 5) is 16.5. The number of esters is 1. The second kappa shape index (κ2) is 6.68. The normalized spacial score (nSPS) is 19.1. The number of ether oxygens (including phenoxy) is 1. The first-order chi connectivity index (χ1) is 9.20. The lowest BCUT2D eigenvalue weighted by Crippen LogP contribution is -2.52. The number of rotatable bonds is 4. The Hall–Kier alpha value is -1.39. The summed E-state index contributed by atoms with van der Waals surface area (Å²) in [6.07, 6.45) is 0.719. The fourth-order valence-corrected chi connectivity index (χ4v) is 2.47. The second-order valence-corrected chi connectivity index (χ2v) is 5.07. The van der Waals surface area contributed by atoms with Crippen molar-refractivity contribution < 1.29 is 9.53 Å². The molecule has 1 aliphatic heterocycles. The first kappa shape index (κ1) is 14.0. The molecule has 4 heteroatoms. The highest BCUT2D eigenvalue weighted by Gasteiger charge is 2.29. The van der Waals surface area contributed by atoms with E-state index in [1.165, 1.54) is 12.7 Å². The maximum atomic E-state index is 12.0. The molecule has 0 saturated carbocycles. The molecule has 0 amide bonds. The molecule has 0 spiro atoms. The molecule has 1 aromatic carbocycles. The van der Waals surface area contributed by atoms with Crippen molar-refractivity contribution in [2.75, 3.05) is 40.3 Å². The molecule has 1 aromatic rings. The Kier molecular flexibility index (Phi) is 4.93. The number of hydrogen-bond acceptors (Lipinski definition) is 4. The zero-order valence-electron chi connectivity index (χ0n) is 11.7. The zero-order chi connectivity index (χ0) is 13.7. The molecule has 0 N–H and O–H groups in total. The van der Waals surface area contributed by atoms with Gasteiger partial charge in [0.2, 0.25) is 0 Å². The van der Waals surface area contributed by atoms with E-state index in [1.807, 2.05) is 18.2 Å². The van der Waals surface area contributed by atoms with E-state index in [1.54, 1.807) is 0 Å². The average molecular weight is 262 g/mol. The van der Waals surface area contributed by atoms with E-state index in [9.17, 15) is 4.79 Å². The highest BCUT2D eigenvalue weighted by Crippen LogP contribution is 2.13. The van der Waals surface area contributed by atoms with Gasteiger partial charge in [0.1, 0.15) is 6.04 Å². The monoisotopic (exact) mass is 262 g/mol. The third kappa shape index (κ3) is 3.78. The van der Waals surface area contributed by atoms with Crippen molar-refractivity contribution in [1.29, 1.82) is 0 Å². The van der Waals surface area contributed by atoms with E-state index >= 15 is 0 Å². The predicted molar refractivity (Wildman–Crippen MR) is 75.0 cm³/mol. The summed E-state index contributed by atoms with van der Waals surface area (Å²) in [7, 11) is 3.58. The molecular formula is C15H22N2O2. The van der Waals surface area contributed by atoms with Crippen LogP contribution in [0.1, 0.15) is 5.56 Å². The Bertz CT molecular complexity index is 400. The van der Waals surface area contributed by atoms with Crippen molar-refractivity contribution >= 4 is 5.97 Å². The minimum atomic E-state index is -0.166. The average Bonchev–Trinajstić information content (AvgIpc) is 2.46. The van der Waals surface area contributed by atoms with Crippen molar-refractivity contribution in [1.82, 2.24) is 9.80 Å². The van der Waals surface area contributed by atoms with Gasteiger partial charge in [0.25, 0.3) is 0 Å². The summed E-state index contributed by atoms with van der Waals surface area (Å²) in [6.45, 7) is 3.84. The van der Waals surface area contributed by atoms with E-state index < -0.39 is 0 Å². The van der Waals surface area contributed by atoms with Gasteiger partial charge in [0.15, 0.2) is 0 Å². The summed E-state index contributed by atoms with van der Waals surface area (Å²) < 4.78 is 4.97. The van der Waals surface area contributed by atoms with Crippen molar-refractivity contribution in [2.24, 2.45) is 0 Å². The molecule has 1 saturated heterocycles. The molecule has 0 aromatic heterocycles. The van der Waals surface area contributed by atoms with Gasteiger partial charge in [-0.05, 0) is 19.0 Å². The molecule has 1 fully saturated rings. The van der Waals surface area contributed by atoms with Crippen molar-refractivity contribution in [3.63, 3.8) is 0 Å². The maximum Gasteiger partial charge on any atom is 0.323 e. The van der Waals surface area contributed by atoms with Gasteiger partial charge in [0, 0.05) is 26.2 Å². The van der Waals surface area contributed by atoms with E-state index in [0.29, 0.717) is 0 Å². The second-order valence-electron chi connectivity index (χ2n) is 5.07. The number of likely N-dealkylation sites (N-methyl/N-ethyl adjacent to an activating group) is 1. The fraction of sp³-hybridized carbons (Fsp3) is 0.533. The Morgan fingerprint density at radius 3 is 2.42 bits per heavy atom. The topological polar surface area (TPSA) is 32.8 Å². The molecule has 104 valence electrons. The molecule has 1 unspecified atom stereocenters. The quantitative estimate of drug-likeness (QED) is 0.759. The standard InChI is InChI=1S/C15H22N2O2/c1-16-8-10-17(11-9-16)14(15(18)19-2)12-13-6-4-3-5-7-13/h3-7,14H,8-12H2,1-2H3. The van der Waals surface area contributed by atoms with Gasteiger partial charge in [-0.3, -0.25) is 9.69 Å². The Morgan fingerprint density at radius 1 is 1.21 bits per heavy atom. The Labute approximate surface area is 115 Å². The third-order valence-corrected chi connectivity index (χ3v) is 3.72. The van der Waals surface area contributed by atoms with Gasteiger partial charge >= 0.3 is 5.97 Å².